The van der Waals surface area contributed by atoms with Gasteiger partial charge in [-0.15, -0.1) is 0 Å². The Hall–Kier alpha value is -0.690. The van der Waals surface area contributed by atoms with Gasteiger partial charge >= 0.3 is 5.97 Å². The monoisotopic (exact) mass is 299 g/mol. The third kappa shape index (κ3) is 4.16. The fraction of sp³-hybridized carbons (Fsp3) is 0.933. The van der Waals surface area contributed by atoms with Crippen molar-refractivity contribution in [2.24, 2.45) is 0 Å². The molecule has 6 heteroatoms. The van der Waals surface area contributed by atoms with E-state index in [4.69, 9.17) is 9.47 Å². The van der Waals surface area contributed by atoms with Crippen LogP contribution in [0, 0.1) is 0 Å². The van der Waals surface area contributed by atoms with E-state index in [-0.39, 0.29) is 5.97 Å². The van der Waals surface area contributed by atoms with Gasteiger partial charge in [0.05, 0.1) is 20.3 Å². The number of rotatable bonds is 6. The van der Waals surface area contributed by atoms with Crippen molar-refractivity contribution in [2.45, 2.75) is 31.3 Å². The number of ether oxygens (including phenoxy) is 2. The highest BCUT2D eigenvalue weighted by molar-refractivity contribution is 5.80. The van der Waals surface area contributed by atoms with Crippen LogP contribution in [-0.4, -0.2) is 87.4 Å². The highest BCUT2D eigenvalue weighted by Gasteiger charge is 2.34. The zero-order chi connectivity index (χ0) is 15.3. The molecule has 2 fully saturated rings. The maximum Gasteiger partial charge on any atom is 0.325 e. The van der Waals surface area contributed by atoms with Gasteiger partial charge in [0, 0.05) is 32.2 Å². The SMILES string of the molecule is CNC(C)(CCN1CCC(N2CCOCC2)C1)C(=O)OC. The van der Waals surface area contributed by atoms with Gasteiger partial charge in [0.1, 0.15) is 5.54 Å². The Morgan fingerprint density at radius 2 is 2.10 bits per heavy atom. The van der Waals surface area contributed by atoms with Gasteiger partial charge in [0.15, 0.2) is 0 Å². The summed E-state index contributed by atoms with van der Waals surface area (Å²) >= 11 is 0. The van der Waals surface area contributed by atoms with Crippen molar-refractivity contribution in [2.75, 3.05) is 60.1 Å². The predicted molar refractivity (Wildman–Crippen MR) is 81.3 cm³/mol. The zero-order valence-electron chi connectivity index (χ0n) is 13.6. The molecule has 0 saturated carbocycles. The number of methoxy groups -OCH3 is 1. The fourth-order valence-electron chi connectivity index (χ4n) is 3.19. The molecule has 0 amide bonds. The van der Waals surface area contributed by atoms with Gasteiger partial charge in [0.25, 0.3) is 0 Å². The van der Waals surface area contributed by atoms with Crippen molar-refractivity contribution in [3.8, 4) is 0 Å². The average molecular weight is 299 g/mol. The minimum atomic E-state index is -0.591. The number of carbonyl (C=O) groups excluding carboxylic acids is 1. The van der Waals surface area contributed by atoms with Crippen LogP contribution >= 0.6 is 0 Å². The number of likely N-dealkylation sites (N-methyl/N-ethyl adjacent to an activating group) is 1. The van der Waals surface area contributed by atoms with Crippen LogP contribution in [0.5, 0.6) is 0 Å². The van der Waals surface area contributed by atoms with E-state index in [1.165, 1.54) is 13.5 Å². The molecule has 0 radical (unpaired) electrons. The molecule has 122 valence electrons. The van der Waals surface area contributed by atoms with E-state index in [9.17, 15) is 4.79 Å². The van der Waals surface area contributed by atoms with Gasteiger partial charge in [0.2, 0.25) is 0 Å². The van der Waals surface area contributed by atoms with Crippen molar-refractivity contribution in [3.63, 3.8) is 0 Å². The lowest BCUT2D eigenvalue weighted by atomic mass is 9.98. The minimum Gasteiger partial charge on any atom is -0.468 e. The van der Waals surface area contributed by atoms with E-state index >= 15 is 0 Å². The van der Waals surface area contributed by atoms with Gasteiger partial charge in [-0.3, -0.25) is 9.69 Å². The second-order valence-electron chi connectivity index (χ2n) is 6.22. The molecule has 0 bridgehead atoms. The summed E-state index contributed by atoms with van der Waals surface area (Å²) in [5.41, 5.74) is -0.591. The van der Waals surface area contributed by atoms with Crippen LogP contribution in [0.25, 0.3) is 0 Å². The lowest BCUT2D eigenvalue weighted by Crippen LogP contribution is -2.50. The fourth-order valence-corrected chi connectivity index (χ4v) is 3.19. The molecule has 2 atom stereocenters. The Labute approximate surface area is 127 Å². The van der Waals surface area contributed by atoms with Crippen molar-refractivity contribution < 1.29 is 14.3 Å². The Morgan fingerprint density at radius 3 is 2.71 bits per heavy atom. The number of carbonyl (C=O) groups is 1. The lowest BCUT2D eigenvalue weighted by Gasteiger charge is -2.32. The normalized spacial score (nSPS) is 27.5. The Kier molecular flexibility index (Phi) is 5.98. The summed E-state index contributed by atoms with van der Waals surface area (Å²) in [4.78, 5) is 16.9. The average Bonchev–Trinajstić information content (AvgIpc) is 3.01. The van der Waals surface area contributed by atoms with Crippen molar-refractivity contribution in [3.05, 3.63) is 0 Å². The molecule has 0 aromatic carbocycles. The van der Waals surface area contributed by atoms with Crippen LogP contribution in [0.2, 0.25) is 0 Å². The van der Waals surface area contributed by atoms with Crippen LogP contribution < -0.4 is 5.32 Å². The summed E-state index contributed by atoms with van der Waals surface area (Å²) in [6, 6.07) is 0.646. The maximum absolute atomic E-state index is 11.9. The van der Waals surface area contributed by atoms with E-state index in [1.807, 2.05) is 14.0 Å². The van der Waals surface area contributed by atoms with Crippen LogP contribution in [0.1, 0.15) is 19.8 Å². The predicted octanol–water partition coefficient (Wildman–Crippen LogP) is -0.0659. The first-order valence-corrected chi connectivity index (χ1v) is 7.90. The third-order valence-electron chi connectivity index (χ3n) is 4.93. The van der Waals surface area contributed by atoms with Gasteiger partial charge in [-0.25, -0.2) is 0 Å². The highest BCUT2D eigenvalue weighted by Crippen LogP contribution is 2.19. The molecule has 2 unspecified atom stereocenters. The van der Waals surface area contributed by atoms with E-state index in [1.54, 1.807) is 0 Å². The Morgan fingerprint density at radius 1 is 1.38 bits per heavy atom. The minimum absolute atomic E-state index is 0.186. The molecule has 2 saturated heterocycles. The van der Waals surface area contributed by atoms with Gasteiger partial charge < -0.3 is 19.7 Å². The second-order valence-corrected chi connectivity index (χ2v) is 6.22. The van der Waals surface area contributed by atoms with Crippen molar-refractivity contribution >= 4 is 5.97 Å². The largest absolute Gasteiger partial charge is 0.468 e. The second kappa shape index (κ2) is 7.54. The topological polar surface area (TPSA) is 54.0 Å². The number of nitrogens with one attached hydrogen (secondary N) is 1. The molecule has 0 aromatic rings. The summed E-state index contributed by atoms with van der Waals surface area (Å²) in [6.45, 7) is 8.86. The number of esters is 1. The summed E-state index contributed by atoms with van der Waals surface area (Å²) in [5.74, 6) is -0.186. The summed E-state index contributed by atoms with van der Waals surface area (Å²) in [7, 11) is 3.26. The first-order valence-electron chi connectivity index (χ1n) is 7.90. The molecule has 0 aliphatic carbocycles. The molecule has 2 rings (SSSR count). The first-order chi connectivity index (χ1) is 10.1. The van der Waals surface area contributed by atoms with Crippen LogP contribution in [0.4, 0.5) is 0 Å². The Balaban J connectivity index is 1.78. The summed E-state index contributed by atoms with van der Waals surface area (Å²) in [6.07, 6.45) is 1.99. The smallest absolute Gasteiger partial charge is 0.325 e. The number of nitrogens with zero attached hydrogens (tertiary/aromatic N) is 2. The zero-order valence-corrected chi connectivity index (χ0v) is 13.6. The van der Waals surface area contributed by atoms with E-state index in [0.29, 0.717) is 6.04 Å². The van der Waals surface area contributed by atoms with Crippen molar-refractivity contribution in [1.29, 1.82) is 0 Å². The number of hydrogen-bond acceptors (Lipinski definition) is 6. The molecule has 0 aromatic heterocycles. The quantitative estimate of drug-likeness (QED) is 0.693. The van der Waals surface area contributed by atoms with Gasteiger partial charge in [-0.2, -0.15) is 0 Å². The summed E-state index contributed by atoms with van der Waals surface area (Å²) in [5, 5.41) is 3.10. The molecule has 2 aliphatic rings. The van der Waals surface area contributed by atoms with Gasteiger partial charge in [-0.05, 0) is 33.4 Å². The van der Waals surface area contributed by atoms with Crippen molar-refractivity contribution in [1.82, 2.24) is 15.1 Å². The molecule has 6 nitrogen and oxygen atoms in total. The standard InChI is InChI=1S/C15H29N3O3/c1-15(16-2,14(19)20-3)5-7-17-6-4-13(12-17)18-8-10-21-11-9-18/h13,16H,4-12H2,1-3H3. The number of likely N-dealkylation sites (tertiary alicyclic amines) is 1. The molecule has 21 heavy (non-hydrogen) atoms. The molecular weight excluding hydrogens is 270 g/mol. The molecule has 2 aliphatic heterocycles. The third-order valence-corrected chi connectivity index (χ3v) is 4.93. The molecule has 2 heterocycles. The van der Waals surface area contributed by atoms with Gasteiger partial charge in [-0.1, -0.05) is 0 Å². The molecule has 0 spiro atoms. The first kappa shape index (κ1) is 16.7. The highest BCUT2D eigenvalue weighted by atomic mass is 16.5. The van der Waals surface area contributed by atoms with Crippen LogP contribution in [-0.2, 0) is 14.3 Å². The van der Waals surface area contributed by atoms with E-state index in [0.717, 1.165) is 52.4 Å². The molecular formula is C15H29N3O3. The van der Waals surface area contributed by atoms with E-state index in [2.05, 4.69) is 15.1 Å². The molecule has 1 N–H and O–H groups in total. The van der Waals surface area contributed by atoms with Crippen LogP contribution in [0.15, 0.2) is 0 Å². The number of morpholine rings is 1. The Bertz CT molecular complexity index is 347. The lowest BCUT2D eigenvalue weighted by molar-refractivity contribution is -0.148. The van der Waals surface area contributed by atoms with Crippen LogP contribution in [0.3, 0.4) is 0 Å². The number of hydrogen-bond donors (Lipinski definition) is 1. The summed E-state index contributed by atoms with van der Waals surface area (Å²) < 4.78 is 10.3. The maximum atomic E-state index is 11.9. The van der Waals surface area contributed by atoms with E-state index < -0.39 is 5.54 Å².